The minimum Gasteiger partial charge on any atom is -0.462 e. The monoisotopic (exact) mass is 677 g/mol. The van der Waals surface area contributed by atoms with Crippen LogP contribution in [0.5, 0.6) is 0 Å². The minimum atomic E-state index is -4.35. The molecule has 0 heterocycles. The number of carbonyl (C=O) groups is 2. The molecule has 0 spiro atoms. The minimum absolute atomic E-state index is 0.0261. The van der Waals surface area contributed by atoms with E-state index in [0.29, 0.717) is 25.8 Å². The summed E-state index contributed by atoms with van der Waals surface area (Å²) in [5.74, 6) is -0.810. The fraction of sp³-hybridized carbons (Fsp3) is 0.944. The van der Waals surface area contributed by atoms with Gasteiger partial charge in [0.25, 0.3) is 0 Å². The van der Waals surface area contributed by atoms with E-state index in [4.69, 9.17) is 24.3 Å². The summed E-state index contributed by atoms with van der Waals surface area (Å²) >= 11 is 0. The summed E-state index contributed by atoms with van der Waals surface area (Å²) in [6, 6.07) is 0. The number of unbranched alkanes of at least 4 members (excludes halogenated alkanes) is 22. The summed E-state index contributed by atoms with van der Waals surface area (Å²) in [7, 11) is -4.35. The Morgan fingerprint density at radius 2 is 0.957 bits per heavy atom. The molecule has 46 heavy (non-hydrogen) atoms. The number of ether oxygens (including phenoxy) is 2. The summed E-state index contributed by atoms with van der Waals surface area (Å²) in [6.45, 7) is 4.12. The van der Waals surface area contributed by atoms with Crippen molar-refractivity contribution in [3.8, 4) is 0 Å². The number of esters is 2. The highest BCUT2D eigenvalue weighted by atomic mass is 31.2. The first kappa shape index (κ1) is 45.0. The van der Waals surface area contributed by atoms with Crippen molar-refractivity contribution in [2.75, 3.05) is 26.4 Å². The Labute approximate surface area is 282 Å². The summed E-state index contributed by atoms with van der Waals surface area (Å²) in [5.41, 5.74) is 5.40. The van der Waals surface area contributed by atoms with Crippen LogP contribution < -0.4 is 5.73 Å². The van der Waals surface area contributed by atoms with Gasteiger partial charge in [0.1, 0.15) is 6.61 Å². The number of phosphoric ester groups is 1. The largest absolute Gasteiger partial charge is 0.472 e. The molecule has 0 bridgehead atoms. The zero-order valence-electron chi connectivity index (χ0n) is 29.8. The Kier molecular flexibility index (Phi) is 33.2. The van der Waals surface area contributed by atoms with Gasteiger partial charge in [-0.25, -0.2) is 4.57 Å². The molecule has 0 aliphatic carbocycles. The first-order valence-electron chi connectivity index (χ1n) is 19.0. The molecule has 0 saturated carbocycles. The third-order valence-corrected chi connectivity index (χ3v) is 9.21. The summed E-state index contributed by atoms with van der Waals surface area (Å²) in [5, 5.41) is 0. The van der Waals surface area contributed by atoms with Crippen LogP contribution in [0.3, 0.4) is 0 Å². The molecule has 0 radical (unpaired) electrons. The van der Waals surface area contributed by atoms with Gasteiger partial charge in [0.2, 0.25) is 0 Å². The first-order valence-corrected chi connectivity index (χ1v) is 20.5. The van der Waals surface area contributed by atoms with E-state index in [9.17, 15) is 19.0 Å². The van der Waals surface area contributed by atoms with E-state index in [1.165, 1.54) is 116 Å². The van der Waals surface area contributed by atoms with E-state index in [2.05, 4.69) is 13.8 Å². The molecule has 0 aromatic carbocycles. The van der Waals surface area contributed by atoms with Crippen molar-refractivity contribution in [2.45, 2.75) is 193 Å². The van der Waals surface area contributed by atoms with Gasteiger partial charge in [-0.3, -0.25) is 18.6 Å². The Morgan fingerprint density at radius 1 is 0.565 bits per heavy atom. The van der Waals surface area contributed by atoms with Gasteiger partial charge in [0.15, 0.2) is 6.10 Å². The van der Waals surface area contributed by atoms with Crippen LogP contribution >= 0.6 is 7.82 Å². The normalized spacial score (nSPS) is 13.4. The standard InChI is InChI=1S/C36H72NO8P/c1-3-5-7-9-11-13-15-16-18-19-21-23-25-28-35(38)42-32-34(33-44-46(40,41)43-31-27-30-37)45-36(39)29-26-24-22-20-17-14-12-10-8-6-4-2/h34H,3-33,37H2,1-2H3,(H,40,41)/t34-/m0/s1. The van der Waals surface area contributed by atoms with Gasteiger partial charge in [-0.1, -0.05) is 155 Å². The highest BCUT2D eigenvalue weighted by Gasteiger charge is 2.26. The molecule has 9 nitrogen and oxygen atoms in total. The number of carbonyl (C=O) groups excluding carboxylic acids is 2. The third kappa shape index (κ3) is 32.9. The Bertz CT molecular complexity index is 739. The van der Waals surface area contributed by atoms with E-state index < -0.39 is 26.5 Å². The fourth-order valence-corrected chi connectivity index (χ4v) is 6.11. The molecule has 3 N–H and O–H groups in total. The zero-order chi connectivity index (χ0) is 34.0. The molecule has 0 rings (SSSR count). The molecule has 0 aromatic heterocycles. The Balaban J connectivity index is 4.26. The van der Waals surface area contributed by atoms with Crippen LogP contribution in [0.4, 0.5) is 0 Å². The highest BCUT2D eigenvalue weighted by molar-refractivity contribution is 7.47. The molecule has 1 unspecified atom stereocenters. The Hall–Kier alpha value is -0.990. The van der Waals surface area contributed by atoms with Crippen molar-refractivity contribution < 1.29 is 37.6 Å². The van der Waals surface area contributed by atoms with E-state index in [-0.39, 0.29) is 25.6 Å². The predicted octanol–water partition coefficient (Wildman–Crippen LogP) is 10.1. The molecule has 0 aliphatic rings. The molecule has 0 aliphatic heterocycles. The molecular weight excluding hydrogens is 605 g/mol. The van der Waals surface area contributed by atoms with Crippen LogP contribution in [0.25, 0.3) is 0 Å². The maximum atomic E-state index is 12.5. The number of phosphoric acid groups is 1. The van der Waals surface area contributed by atoms with Crippen molar-refractivity contribution in [2.24, 2.45) is 5.73 Å². The zero-order valence-corrected chi connectivity index (χ0v) is 30.7. The van der Waals surface area contributed by atoms with Gasteiger partial charge in [-0.15, -0.1) is 0 Å². The maximum Gasteiger partial charge on any atom is 0.472 e. The fourth-order valence-electron chi connectivity index (χ4n) is 5.32. The van der Waals surface area contributed by atoms with Gasteiger partial charge >= 0.3 is 19.8 Å². The van der Waals surface area contributed by atoms with Crippen molar-refractivity contribution in [1.82, 2.24) is 0 Å². The van der Waals surface area contributed by atoms with Crippen molar-refractivity contribution in [3.63, 3.8) is 0 Å². The van der Waals surface area contributed by atoms with Gasteiger partial charge in [0.05, 0.1) is 13.2 Å². The first-order chi connectivity index (χ1) is 22.3. The van der Waals surface area contributed by atoms with Crippen LogP contribution in [0.2, 0.25) is 0 Å². The summed E-state index contributed by atoms with van der Waals surface area (Å²) in [6.07, 6.45) is 28.9. The van der Waals surface area contributed by atoms with Crippen LogP contribution in [-0.2, 0) is 32.7 Å². The average molecular weight is 678 g/mol. The average Bonchev–Trinajstić information content (AvgIpc) is 3.03. The summed E-state index contributed by atoms with van der Waals surface area (Å²) in [4.78, 5) is 34.8. The van der Waals surface area contributed by atoms with Gasteiger partial charge in [0, 0.05) is 12.8 Å². The molecular formula is C36H72NO8P. The summed E-state index contributed by atoms with van der Waals surface area (Å²) < 4.78 is 33.0. The SMILES string of the molecule is CCCCCCCCCCCCCCCC(=O)OC[C@@H](COP(=O)(O)OCCCN)OC(=O)CCCCCCCCCCCCC. The highest BCUT2D eigenvalue weighted by Crippen LogP contribution is 2.43. The third-order valence-electron chi connectivity index (χ3n) is 8.22. The lowest BCUT2D eigenvalue weighted by Crippen LogP contribution is -2.29. The lowest BCUT2D eigenvalue weighted by atomic mass is 10.0. The van der Waals surface area contributed by atoms with Gasteiger partial charge in [-0.2, -0.15) is 0 Å². The molecule has 10 heteroatoms. The molecule has 0 amide bonds. The number of hydrogen-bond acceptors (Lipinski definition) is 8. The topological polar surface area (TPSA) is 134 Å². The molecule has 0 aromatic rings. The second kappa shape index (κ2) is 33.9. The van der Waals surface area contributed by atoms with Crippen LogP contribution in [0.1, 0.15) is 187 Å². The number of rotatable bonds is 36. The van der Waals surface area contributed by atoms with Crippen LogP contribution in [-0.4, -0.2) is 49.3 Å². The maximum absolute atomic E-state index is 12.5. The van der Waals surface area contributed by atoms with E-state index in [1.54, 1.807) is 0 Å². The predicted molar refractivity (Wildman–Crippen MR) is 188 cm³/mol. The van der Waals surface area contributed by atoms with Gasteiger partial charge in [-0.05, 0) is 25.8 Å². The smallest absolute Gasteiger partial charge is 0.462 e. The molecule has 0 saturated heterocycles. The van der Waals surface area contributed by atoms with E-state index in [0.717, 1.165) is 32.1 Å². The van der Waals surface area contributed by atoms with Crippen molar-refractivity contribution in [3.05, 3.63) is 0 Å². The second-order valence-corrected chi connectivity index (χ2v) is 14.3. The van der Waals surface area contributed by atoms with Crippen molar-refractivity contribution >= 4 is 19.8 Å². The second-order valence-electron chi connectivity index (χ2n) is 12.8. The van der Waals surface area contributed by atoms with Gasteiger partial charge < -0.3 is 20.1 Å². The number of hydrogen-bond donors (Lipinski definition) is 2. The van der Waals surface area contributed by atoms with E-state index in [1.807, 2.05) is 0 Å². The van der Waals surface area contributed by atoms with Crippen LogP contribution in [0.15, 0.2) is 0 Å². The lowest BCUT2D eigenvalue weighted by molar-refractivity contribution is -0.161. The van der Waals surface area contributed by atoms with E-state index >= 15 is 0 Å². The van der Waals surface area contributed by atoms with Crippen molar-refractivity contribution in [1.29, 1.82) is 0 Å². The van der Waals surface area contributed by atoms with Crippen LogP contribution in [0, 0.1) is 0 Å². The quantitative estimate of drug-likeness (QED) is 0.0377. The molecule has 2 atom stereocenters. The lowest BCUT2D eigenvalue weighted by Gasteiger charge is -2.20. The molecule has 274 valence electrons. The molecule has 0 fully saturated rings. The number of nitrogens with two attached hydrogens (primary N) is 1. The Morgan fingerprint density at radius 3 is 1.37 bits per heavy atom.